The van der Waals surface area contributed by atoms with Crippen LogP contribution in [0.1, 0.15) is 29.8 Å². The zero-order chi connectivity index (χ0) is 10.7. The van der Waals surface area contributed by atoms with Gasteiger partial charge in [-0.05, 0) is 37.1 Å². The van der Waals surface area contributed by atoms with E-state index in [1.165, 1.54) is 0 Å². The van der Waals surface area contributed by atoms with E-state index < -0.39 is 5.38 Å². The second-order valence-corrected chi connectivity index (χ2v) is 4.71. The van der Waals surface area contributed by atoms with E-state index in [1.54, 1.807) is 6.92 Å². The number of carbonyl (C=O) groups is 1. The summed E-state index contributed by atoms with van der Waals surface area (Å²) in [6.07, 6.45) is 0.837. The van der Waals surface area contributed by atoms with Crippen molar-refractivity contribution in [1.29, 1.82) is 0 Å². The van der Waals surface area contributed by atoms with Crippen molar-refractivity contribution in [3.8, 4) is 0 Å². The molecular weight excluding hydrogens is 263 g/mol. The van der Waals surface area contributed by atoms with Crippen LogP contribution in [0.5, 0.6) is 0 Å². The van der Waals surface area contributed by atoms with Gasteiger partial charge in [0.25, 0.3) is 0 Å². The van der Waals surface area contributed by atoms with Gasteiger partial charge in [0, 0.05) is 10.0 Å². The Kier molecular flexibility index (Phi) is 4.14. The number of benzene rings is 1. The van der Waals surface area contributed by atoms with Crippen LogP contribution in [-0.4, -0.2) is 11.2 Å². The summed E-state index contributed by atoms with van der Waals surface area (Å²) in [7, 11) is 0. The fraction of sp³-hybridized carbons (Fsp3) is 0.364. The molecule has 1 atom stereocenters. The summed E-state index contributed by atoms with van der Waals surface area (Å²) >= 11 is 9.15. The molecule has 0 amide bonds. The first-order chi connectivity index (χ1) is 6.56. The SMILES string of the molecule is CCc1cc(Br)ccc1C(=O)C(C)Cl. The van der Waals surface area contributed by atoms with E-state index in [-0.39, 0.29) is 5.78 Å². The second-order valence-electron chi connectivity index (χ2n) is 3.14. The molecule has 0 radical (unpaired) electrons. The van der Waals surface area contributed by atoms with E-state index >= 15 is 0 Å². The van der Waals surface area contributed by atoms with E-state index in [0.29, 0.717) is 0 Å². The van der Waals surface area contributed by atoms with E-state index in [9.17, 15) is 4.79 Å². The maximum Gasteiger partial charge on any atom is 0.180 e. The molecule has 1 nitrogen and oxygen atoms in total. The Morgan fingerprint density at radius 2 is 2.21 bits per heavy atom. The third-order valence-electron chi connectivity index (χ3n) is 2.07. The molecule has 0 N–H and O–H groups in total. The van der Waals surface area contributed by atoms with Gasteiger partial charge in [-0.3, -0.25) is 4.79 Å². The van der Waals surface area contributed by atoms with Crippen molar-refractivity contribution in [3.05, 3.63) is 33.8 Å². The molecule has 0 saturated carbocycles. The zero-order valence-electron chi connectivity index (χ0n) is 8.18. The van der Waals surface area contributed by atoms with Crippen molar-refractivity contribution < 1.29 is 4.79 Å². The monoisotopic (exact) mass is 274 g/mol. The summed E-state index contributed by atoms with van der Waals surface area (Å²) in [5.74, 6) is -0.00369. The first-order valence-corrected chi connectivity index (χ1v) is 5.76. The number of hydrogen-bond donors (Lipinski definition) is 0. The first-order valence-electron chi connectivity index (χ1n) is 4.53. The zero-order valence-corrected chi connectivity index (χ0v) is 10.5. The first kappa shape index (κ1) is 11.7. The maximum absolute atomic E-state index is 11.7. The number of ketones is 1. The third-order valence-corrected chi connectivity index (χ3v) is 2.77. The molecule has 0 saturated heterocycles. The minimum absolute atomic E-state index is 0.00369. The van der Waals surface area contributed by atoms with Crippen LogP contribution in [0, 0.1) is 0 Å². The van der Waals surface area contributed by atoms with Gasteiger partial charge < -0.3 is 0 Å². The van der Waals surface area contributed by atoms with E-state index in [2.05, 4.69) is 15.9 Å². The number of aryl methyl sites for hydroxylation is 1. The standard InChI is InChI=1S/C11H12BrClO/c1-3-8-6-9(12)4-5-10(8)11(14)7(2)13/h4-7H,3H2,1-2H3. The molecule has 0 bridgehead atoms. The number of carbonyl (C=O) groups excluding carboxylic acids is 1. The highest BCUT2D eigenvalue weighted by Crippen LogP contribution is 2.19. The van der Waals surface area contributed by atoms with E-state index in [0.717, 1.165) is 22.0 Å². The van der Waals surface area contributed by atoms with Gasteiger partial charge >= 0.3 is 0 Å². The Morgan fingerprint density at radius 3 is 2.71 bits per heavy atom. The van der Waals surface area contributed by atoms with Gasteiger partial charge in [0.1, 0.15) is 0 Å². The van der Waals surface area contributed by atoms with Gasteiger partial charge in [0.05, 0.1) is 5.38 Å². The number of Topliss-reactive ketones (excluding diaryl/α,β-unsaturated/α-hetero) is 1. The topological polar surface area (TPSA) is 17.1 Å². The molecule has 0 fully saturated rings. The lowest BCUT2D eigenvalue weighted by Gasteiger charge is -2.08. The van der Waals surface area contributed by atoms with Crippen LogP contribution in [-0.2, 0) is 6.42 Å². The van der Waals surface area contributed by atoms with Crippen LogP contribution in [0.4, 0.5) is 0 Å². The van der Waals surface area contributed by atoms with Gasteiger partial charge in [-0.25, -0.2) is 0 Å². The number of alkyl halides is 1. The molecule has 0 aromatic heterocycles. The average molecular weight is 276 g/mol. The van der Waals surface area contributed by atoms with Crippen molar-refractivity contribution in [2.24, 2.45) is 0 Å². The third kappa shape index (κ3) is 2.58. The number of rotatable bonds is 3. The Bertz CT molecular complexity index is 347. The maximum atomic E-state index is 11.7. The van der Waals surface area contributed by atoms with Gasteiger partial charge in [0.15, 0.2) is 5.78 Å². The Balaban J connectivity index is 3.14. The molecular formula is C11H12BrClO. The molecule has 76 valence electrons. The normalized spacial score (nSPS) is 12.6. The fourth-order valence-corrected chi connectivity index (χ4v) is 1.84. The molecule has 1 aromatic carbocycles. The molecule has 0 aliphatic rings. The van der Waals surface area contributed by atoms with Gasteiger partial charge in [-0.2, -0.15) is 0 Å². The summed E-state index contributed by atoms with van der Waals surface area (Å²) in [6, 6.07) is 5.66. The van der Waals surface area contributed by atoms with Crippen LogP contribution in [0.15, 0.2) is 22.7 Å². The highest BCUT2D eigenvalue weighted by Gasteiger charge is 2.15. The average Bonchev–Trinajstić information content (AvgIpc) is 2.16. The Morgan fingerprint density at radius 1 is 1.57 bits per heavy atom. The second kappa shape index (κ2) is 4.94. The summed E-state index contributed by atoms with van der Waals surface area (Å²) < 4.78 is 0.994. The molecule has 0 aliphatic heterocycles. The lowest BCUT2D eigenvalue weighted by atomic mass is 10.0. The Hall–Kier alpha value is -0.340. The molecule has 0 spiro atoms. The predicted molar refractivity (Wildman–Crippen MR) is 63.2 cm³/mol. The minimum atomic E-state index is -0.457. The van der Waals surface area contributed by atoms with Crippen LogP contribution in [0.25, 0.3) is 0 Å². The van der Waals surface area contributed by atoms with Crippen LogP contribution >= 0.6 is 27.5 Å². The molecule has 1 aromatic rings. The lowest BCUT2D eigenvalue weighted by molar-refractivity contribution is 0.0991. The minimum Gasteiger partial charge on any atom is -0.293 e. The highest BCUT2D eigenvalue weighted by molar-refractivity contribution is 9.10. The smallest absolute Gasteiger partial charge is 0.180 e. The van der Waals surface area contributed by atoms with Crippen molar-refractivity contribution in [1.82, 2.24) is 0 Å². The fourth-order valence-electron chi connectivity index (χ4n) is 1.31. The van der Waals surface area contributed by atoms with Crippen molar-refractivity contribution in [3.63, 3.8) is 0 Å². The highest BCUT2D eigenvalue weighted by atomic mass is 79.9. The molecule has 1 rings (SSSR count). The van der Waals surface area contributed by atoms with Crippen molar-refractivity contribution in [2.45, 2.75) is 25.6 Å². The van der Waals surface area contributed by atoms with Gasteiger partial charge in [-0.1, -0.05) is 22.9 Å². The predicted octanol–water partition coefficient (Wildman–Crippen LogP) is 3.82. The lowest BCUT2D eigenvalue weighted by Crippen LogP contribution is -2.12. The van der Waals surface area contributed by atoms with Gasteiger partial charge in [0.2, 0.25) is 0 Å². The quantitative estimate of drug-likeness (QED) is 0.605. The van der Waals surface area contributed by atoms with E-state index in [4.69, 9.17) is 11.6 Å². The van der Waals surface area contributed by atoms with Gasteiger partial charge in [-0.15, -0.1) is 11.6 Å². The van der Waals surface area contributed by atoms with Crippen molar-refractivity contribution >= 4 is 33.3 Å². The molecule has 3 heteroatoms. The van der Waals surface area contributed by atoms with Crippen molar-refractivity contribution in [2.75, 3.05) is 0 Å². The summed E-state index contributed by atoms with van der Waals surface area (Å²) in [6.45, 7) is 3.73. The summed E-state index contributed by atoms with van der Waals surface area (Å²) in [4.78, 5) is 11.7. The molecule has 0 aliphatic carbocycles. The molecule has 0 heterocycles. The van der Waals surface area contributed by atoms with E-state index in [1.807, 2.05) is 25.1 Å². The molecule has 1 unspecified atom stereocenters. The Labute approximate surface area is 97.6 Å². The number of halogens is 2. The van der Waals surface area contributed by atoms with Crippen LogP contribution in [0.3, 0.4) is 0 Å². The summed E-state index contributed by atoms with van der Waals surface area (Å²) in [5, 5.41) is -0.457. The van der Waals surface area contributed by atoms with Crippen LogP contribution in [0.2, 0.25) is 0 Å². The number of hydrogen-bond acceptors (Lipinski definition) is 1. The van der Waals surface area contributed by atoms with Crippen LogP contribution < -0.4 is 0 Å². The molecule has 14 heavy (non-hydrogen) atoms. The summed E-state index contributed by atoms with van der Waals surface area (Å²) in [5.41, 5.74) is 1.77. The largest absolute Gasteiger partial charge is 0.293 e.